The minimum Gasteiger partial charge on any atom is -0.309 e. The highest BCUT2D eigenvalue weighted by Crippen LogP contribution is 2.41. The fourth-order valence-electron chi connectivity index (χ4n) is 7.44. The molecule has 0 bridgehead atoms. The molecule has 5 heteroatoms. The van der Waals surface area contributed by atoms with Crippen molar-refractivity contribution in [1.82, 2.24) is 9.13 Å². The molecule has 2 aromatic heterocycles. The van der Waals surface area contributed by atoms with Crippen LogP contribution in [-0.2, 0) is 0 Å². The van der Waals surface area contributed by atoms with Gasteiger partial charge >= 0.3 is 0 Å². The van der Waals surface area contributed by atoms with Crippen LogP contribution in [0.25, 0.3) is 77.2 Å². The van der Waals surface area contributed by atoms with E-state index in [0.717, 1.165) is 77.2 Å². The second-order valence-electron chi connectivity index (χ2n) is 12.3. The van der Waals surface area contributed by atoms with Crippen LogP contribution in [-0.4, -0.2) is 9.13 Å². The Kier molecular flexibility index (Phi) is 6.56. The fourth-order valence-corrected chi connectivity index (χ4v) is 7.44. The van der Waals surface area contributed by atoms with E-state index in [0.29, 0.717) is 16.7 Å². The molecule has 230 valence electrons. The van der Waals surface area contributed by atoms with E-state index in [1.807, 2.05) is 84.9 Å². The average Bonchev–Trinajstić information content (AvgIpc) is 3.69. The zero-order valence-corrected chi connectivity index (χ0v) is 26.7. The van der Waals surface area contributed by atoms with E-state index in [1.54, 1.807) is 0 Å². The molecule has 9 aromatic rings. The van der Waals surface area contributed by atoms with E-state index >= 15 is 0 Å². The molecule has 5 nitrogen and oxygen atoms in total. The van der Waals surface area contributed by atoms with Crippen LogP contribution >= 0.6 is 0 Å². The predicted molar refractivity (Wildman–Crippen MR) is 200 cm³/mol. The Morgan fingerprint density at radius 1 is 0.360 bits per heavy atom. The largest absolute Gasteiger partial charge is 0.309 e. The number of rotatable bonds is 4. The molecule has 0 aliphatic rings. The van der Waals surface area contributed by atoms with Gasteiger partial charge in [0.1, 0.15) is 0 Å². The maximum Gasteiger partial charge on any atom is 0.0998 e. The van der Waals surface area contributed by atoms with Gasteiger partial charge in [0, 0.05) is 38.2 Å². The first kappa shape index (κ1) is 28.8. The molecule has 50 heavy (non-hydrogen) atoms. The van der Waals surface area contributed by atoms with E-state index < -0.39 is 0 Å². The zero-order chi connectivity index (χ0) is 33.8. The van der Waals surface area contributed by atoms with Gasteiger partial charge in [-0.15, -0.1) is 0 Å². The SMILES string of the molecule is N#Cc1ccc2c(c1)c1ccccc1n2-c1ccccc1-c1ccc(-c2ccccc2C#N)c(-n2c3ccccc3c3cc(C#N)ccc32)c1. The van der Waals surface area contributed by atoms with Crippen molar-refractivity contribution in [3.8, 4) is 51.8 Å². The molecule has 0 fully saturated rings. The summed E-state index contributed by atoms with van der Waals surface area (Å²) < 4.78 is 4.54. The fraction of sp³-hybridized carbons (Fsp3) is 0. The number of hydrogen-bond acceptors (Lipinski definition) is 3. The predicted octanol–water partition coefficient (Wildman–Crippen LogP) is 10.8. The molecule has 0 aliphatic heterocycles. The van der Waals surface area contributed by atoms with Crippen molar-refractivity contribution in [2.24, 2.45) is 0 Å². The van der Waals surface area contributed by atoms with E-state index in [-0.39, 0.29) is 0 Å². The molecular weight excluding hydrogens is 611 g/mol. The minimum atomic E-state index is 0.594. The second kappa shape index (κ2) is 11.4. The van der Waals surface area contributed by atoms with Crippen LogP contribution in [0.15, 0.2) is 152 Å². The molecule has 0 unspecified atom stereocenters. The van der Waals surface area contributed by atoms with Crippen molar-refractivity contribution in [2.45, 2.75) is 0 Å². The van der Waals surface area contributed by atoms with Crippen molar-refractivity contribution in [3.63, 3.8) is 0 Å². The third-order valence-corrected chi connectivity index (χ3v) is 9.64. The molecule has 0 amide bonds. The monoisotopic (exact) mass is 635 g/mol. The van der Waals surface area contributed by atoms with Crippen LogP contribution in [0.2, 0.25) is 0 Å². The number of hydrogen-bond donors (Lipinski definition) is 0. The molecule has 2 heterocycles. The molecule has 0 aliphatic carbocycles. The highest BCUT2D eigenvalue weighted by molar-refractivity contribution is 6.11. The normalized spacial score (nSPS) is 11.1. The number of fused-ring (bicyclic) bond motifs is 6. The van der Waals surface area contributed by atoms with E-state index in [4.69, 9.17) is 0 Å². The van der Waals surface area contributed by atoms with Crippen molar-refractivity contribution < 1.29 is 0 Å². The lowest BCUT2D eigenvalue weighted by Crippen LogP contribution is -2.01. The van der Waals surface area contributed by atoms with Crippen molar-refractivity contribution in [1.29, 1.82) is 15.8 Å². The van der Waals surface area contributed by atoms with Crippen LogP contribution in [0.4, 0.5) is 0 Å². The van der Waals surface area contributed by atoms with Crippen LogP contribution in [0.3, 0.4) is 0 Å². The van der Waals surface area contributed by atoms with Gasteiger partial charge < -0.3 is 9.13 Å². The number of aromatic nitrogens is 2. The minimum absolute atomic E-state index is 0.594. The summed E-state index contributed by atoms with van der Waals surface area (Å²) >= 11 is 0. The average molecular weight is 636 g/mol. The van der Waals surface area contributed by atoms with E-state index in [2.05, 4.69) is 94.1 Å². The van der Waals surface area contributed by atoms with Gasteiger partial charge in [0.25, 0.3) is 0 Å². The summed E-state index contributed by atoms with van der Waals surface area (Å²) in [7, 11) is 0. The molecule has 0 radical (unpaired) electrons. The van der Waals surface area contributed by atoms with Crippen molar-refractivity contribution in [2.75, 3.05) is 0 Å². The highest BCUT2D eigenvalue weighted by Gasteiger charge is 2.21. The van der Waals surface area contributed by atoms with Crippen LogP contribution in [0.5, 0.6) is 0 Å². The lowest BCUT2D eigenvalue weighted by molar-refractivity contribution is 1.17. The second-order valence-corrected chi connectivity index (χ2v) is 12.3. The molecule has 0 atom stereocenters. The molecule has 9 rings (SSSR count). The third-order valence-electron chi connectivity index (χ3n) is 9.64. The van der Waals surface area contributed by atoms with Gasteiger partial charge in [0.05, 0.1) is 68.3 Å². The molecular formula is C45H25N5. The van der Waals surface area contributed by atoms with Crippen molar-refractivity contribution in [3.05, 3.63) is 168 Å². The van der Waals surface area contributed by atoms with Gasteiger partial charge in [0.2, 0.25) is 0 Å². The molecule has 0 N–H and O–H groups in total. The summed E-state index contributed by atoms with van der Waals surface area (Å²) in [5.41, 5.74) is 11.6. The van der Waals surface area contributed by atoms with Gasteiger partial charge in [-0.25, -0.2) is 0 Å². The lowest BCUT2D eigenvalue weighted by Gasteiger charge is -2.19. The Balaban J connectivity index is 1.37. The van der Waals surface area contributed by atoms with Gasteiger partial charge in [-0.1, -0.05) is 84.9 Å². The summed E-state index contributed by atoms with van der Waals surface area (Å²) in [6.45, 7) is 0. The first-order chi connectivity index (χ1) is 24.7. The van der Waals surface area contributed by atoms with Gasteiger partial charge in [0.15, 0.2) is 0 Å². The molecule has 0 saturated carbocycles. The maximum absolute atomic E-state index is 10.2. The number of para-hydroxylation sites is 3. The number of nitriles is 3. The number of benzene rings is 7. The number of nitrogens with zero attached hydrogens (tertiary/aromatic N) is 5. The quantitative estimate of drug-likeness (QED) is 0.193. The van der Waals surface area contributed by atoms with Gasteiger partial charge in [-0.2, -0.15) is 15.8 Å². The molecule has 0 spiro atoms. The summed E-state index contributed by atoms with van der Waals surface area (Å²) in [6.07, 6.45) is 0. The van der Waals surface area contributed by atoms with Gasteiger partial charge in [-0.3, -0.25) is 0 Å². The Morgan fingerprint density at radius 2 is 0.880 bits per heavy atom. The third kappa shape index (κ3) is 4.31. The zero-order valence-electron chi connectivity index (χ0n) is 26.7. The first-order valence-corrected chi connectivity index (χ1v) is 16.3. The van der Waals surface area contributed by atoms with Crippen LogP contribution in [0, 0.1) is 34.0 Å². The summed E-state index contributed by atoms with van der Waals surface area (Å²) in [4.78, 5) is 0. The molecule has 0 saturated heterocycles. The van der Waals surface area contributed by atoms with Crippen LogP contribution < -0.4 is 0 Å². The Morgan fingerprint density at radius 3 is 1.50 bits per heavy atom. The smallest absolute Gasteiger partial charge is 0.0998 e. The van der Waals surface area contributed by atoms with Crippen LogP contribution in [0.1, 0.15) is 16.7 Å². The topological polar surface area (TPSA) is 81.2 Å². The Labute approximate surface area is 287 Å². The summed E-state index contributed by atoms with van der Waals surface area (Å²) in [5.74, 6) is 0. The standard InChI is InChI=1S/C45H25N5/c46-26-29-17-21-43-38(23-29)35-12-4-7-15-41(35)49(43)40-14-6-3-11-34(40)31-19-20-37(33-10-2-1-9-32(33)28-48)45(25-31)50-42-16-8-5-13-36(42)39-24-30(27-47)18-22-44(39)50/h1-25H. The molecule has 7 aromatic carbocycles. The Hall–Kier alpha value is -7.39. The highest BCUT2D eigenvalue weighted by atomic mass is 15.0. The van der Waals surface area contributed by atoms with Gasteiger partial charge in [-0.05, 0) is 72.3 Å². The first-order valence-electron chi connectivity index (χ1n) is 16.3. The maximum atomic E-state index is 10.2. The van der Waals surface area contributed by atoms with E-state index in [9.17, 15) is 15.8 Å². The van der Waals surface area contributed by atoms with E-state index in [1.165, 1.54) is 0 Å². The lowest BCUT2D eigenvalue weighted by atomic mass is 9.94. The Bertz CT molecular complexity index is 2970. The summed E-state index contributed by atoms with van der Waals surface area (Å²) in [5, 5.41) is 33.8. The van der Waals surface area contributed by atoms with Crippen molar-refractivity contribution >= 4 is 43.6 Å². The summed E-state index contributed by atoms with van der Waals surface area (Å²) in [6, 6.07) is 57.9.